The Morgan fingerprint density at radius 1 is 1.06 bits per heavy atom. The summed E-state index contributed by atoms with van der Waals surface area (Å²) in [6.07, 6.45) is -0.888. The summed E-state index contributed by atoms with van der Waals surface area (Å²) in [5.41, 5.74) is 0.786. The molecule has 0 aromatic carbocycles. The highest BCUT2D eigenvalue weighted by molar-refractivity contribution is 14.1. The van der Waals surface area contributed by atoms with Gasteiger partial charge in [-0.25, -0.2) is 19.9 Å². The summed E-state index contributed by atoms with van der Waals surface area (Å²) in [4.78, 5) is 52.7. The maximum atomic E-state index is 11.9. The largest absolute Gasteiger partial charge is 0.463 e. The molecule has 3 aromatic rings. The Kier molecular flexibility index (Phi) is 7.39. The van der Waals surface area contributed by atoms with E-state index < -0.39 is 42.4 Å². The quantitative estimate of drug-likeness (QED) is 0.183. The maximum absolute atomic E-state index is 11.9. The second-order valence-electron chi connectivity index (χ2n) is 7.52. The molecule has 1 N–H and O–H groups in total. The molecular weight excluding hydrogens is 575 g/mol. The molecule has 1 aliphatic rings. The lowest BCUT2D eigenvalue weighted by Crippen LogP contribution is -2.40. The van der Waals surface area contributed by atoms with Crippen LogP contribution in [0.5, 0.6) is 0 Å². The Morgan fingerprint density at radius 3 is 2.46 bits per heavy atom. The van der Waals surface area contributed by atoms with E-state index in [0.717, 1.165) is 0 Å². The molecule has 0 amide bonds. The van der Waals surface area contributed by atoms with Crippen molar-refractivity contribution in [3.8, 4) is 0 Å². The van der Waals surface area contributed by atoms with E-state index in [0.29, 0.717) is 26.6 Å². The topological polar surface area (TPSA) is 157 Å². The molecule has 1 aliphatic heterocycles. The lowest BCUT2D eigenvalue weighted by Gasteiger charge is -2.23. The third-order valence-corrected chi connectivity index (χ3v) is 5.40. The van der Waals surface area contributed by atoms with Crippen molar-refractivity contribution in [3.05, 3.63) is 34.6 Å². The van der Waals surface area contributed by atoms with Crippen molar-refractivity contribution in [2.75, 3.05) is 11.9 Å². The van der Waals surface area contributed by atoms with Gasteiger partial charge in [0.25, 0.3) is 0 Å². The van der Waals surface area contributed by atoms with Crippen LogP contribution < -0.4 is 5.32 Å². The number of imidazole rings is 1. The molecule has 3 aromatic heterocycles. The summed E-state index contributed by atoms with van der Waals surface area (Å²) < 4.78 is 24.1. The number of anilines is 2. The second-order valence-corrected chi connectivity index (χ2v) is 8.49. The first-order chi connectivity index (χ1) is 16.7. The van der Waals surface area contributed by atoms with E-state index in [9.17, 15) is 14.4 Å². The Hall–Kier alpha value is -3.40. The molecule has 0 saturated carbocycles. The number of rotatable bonds is 7. The molecule has 13 nitrogen and oxygen atoms in total. The number of carbonyl (C=O) groups is 3. The monoisotopic (exact) mass is 596 g/mol. The van der Waals surface area contributed by atoms with E-state index in [4.69, 9.17) is 18.9 Å². The Labute approximate surface area is 212 Å². The molecule has 4 heterocycles. The molecule has 4 rings (SSSR count). The summed E-state index contributed by atoms with van der Waals surface area (Å²) in [6.45, 7) is 3.48. The second kappa shape index (κ2) is 10.5. The van der Waals surface area contributed by atoms with Gasteiger partial charge >= 0.3 is 17.9 Å². The summed E-state index contributed by atoms with van der Waals surface area (Å²) >= 11 is 1.97. The highest BCUT2D eigenvalue weighted by atomic mass is 127. The van der Waals surface area contributed by atoms with Crippen molar-refractivity contribution in [3.63, 3.8) is 0 Å². The van der Waals surface area contributed by atoms with Crippen LogP contribution in [-0.2, 0) is 33.3 Å². The van der Waals surface area contributed by atoms with Crippen LogP contribution in [0, 0.1) is 3.83 Å². The third kappa shape index (κ3) is 5.64. The molecule has 4 unspecified atom stereocenters. The van der Waals surface area contributed by atoms with E-state index in [1.165, 1.54) is 27.1 Å². The molecule has 184 valence electrons. The Bertz CT molecular complexity index is 1250. The first-order valence-electron chi connectivity index (χ1n) is 10.4. The van der Waals surface area contributed by atoms with E-state index in [1.807, 2.05) is 28.7 Å². The number of esters is 3. The molecule has 0 radical (unpaired) electrons. The highest BCUT2D eigenvalue weighted by Gasteiger charge is 2.51. The number of halogens is 1. The predicted molar refractivity (Wildman–Crippen MR) is 127 cm³/mol. The molecule has 1 saturated heterocycles. The van der Waals surface area contributed by atoms with Crippen LogP contribution in [0.1, 0.15) is 27.0 Å². The average Bonchev–Trinajstić information content (AvgIpc) is 3.34. The predicted octanol–water partition coefficient (Wildman–Crippen LogP) is 1.89. The third-order valence-electron chi connectivity index (χ3n) is 4.92. The highest BCUT2D eigenvalue weighted by Crippen LogP contribution is 2.36. The lowest BCUT2D eigenvalue weighted by atomic mass is 10.1. The van der Waals surface area contributed by atoms with Gasteiger partial charge in [0.1, 0.15) is 18.5 Å². The molecule has 1 fully saturated rings. The summed E-state index contributed by atoms with van der Waals surface area (Å²) in [5, 5.41) is 3.12. The molecule has 4 atom stereocenters. The lowest BCUT2D eigenvalue weighted by molar-refractivity contribution is -0.166. The number of carbonyl (C=O) groups excluding carboxylic acids is 3. The summed E-state index contributed by atoms with van der Waals surface area (Å²) in [5.74, 6) is -0.794. The van der Waals surface area contributed by atoms with Crippen LogP contribution in [0.3, 0.4) is 0 Å². The van der Waals surface area contributed by atoms with Gasteiger partial charge in [-0.1, -0.05) is 6.07 Å². The zero-order chi connectivity index (χ0) is 25.1. The van der Waals surface area contributed by atoms with Crippen molar-refractivity contribution >= 4 is 63.3 Å². The number of pyridine rings is 1. The van der Waals surface area contributed by atoms with Gasteiger partial charge < -0.3 is 24.3 Å². The van der Waals surface area contributed by atoms with E-state index >= 15 is 0 Å². The number of ether oxygens (including phenoxy) is 4. The van der Waals surface area contributed by atoms with Crippen molar-refractivity contribution in [2.45, 2.75) is 45.3 Å². The zero-order valence-electron chi connectivity index (χ0n) is 18.9. The van der Waals surface area contributed by atoms with Crippen LogP contribution in [0.2, 0.25) is 0 Å². The van der Waals surface area contributed by atoms with Gasteiger partial charge in [0.05, 0.1) is 6.33 Å². The van der Waals surface area contributed by atoms with Gasteiger partial charge in [0.2, 0.25) is 0 Å². The van der Waals surface area contributed by atoms with Crippen molar-refractivity contribution < 1.29 is 33.3 Å². The van der Waals surface area contributed by atoms with Crippen LogP contribution >= 0.6 is 22.6 Å². The van der Waals surface area contributed by atoms with Crippen molar-refractivity contribution in [1.29, 1.82) is 0 Å². The number of aromatic nitrogens is 5. The summed E-state index contributed by atoms with van der Waals surface area (Å²) in [7, 11) is 0. The minimum atomic E-state index is -1.06. The van der Waals surface area contributed by atoms with Crippen molar-refractivity contribution in [2.24, 2.45) is 0 Å². The van der Waals surface area contributed by atoms with Gasteiger partial charge in [0.15, 0.2) is 39.2 Å². The number of hydrogen-bond donors (Lipinski definition) is 1. The summed E-state index contributed by atoms with van der Waals surface area (Å²) in [6, 6.07) is 5.39. The van der Waals surface area contributed by atoms with Crippen LogP contribution in [0.25, 0.3) is 11.2 Å². The van der Waals surface area contributed by atoms with Gasteiger partial charge in [-0.05, 0) is 12.1 Å². The number of fused-ring (bicyclic) bond motifs is 1. The molecule has 35 heavy (non-hydrogen) atoms. The Morgan fingerprint density at radius 2 is 1.80 bits per heavy atom. The molecule has 0 spiro atoms. The molecule has 14 heteroatoms. The number of nitrogens with zero attached hydrogens (tertiary/aromatic N) is 5. The average molecular weight is 596 g/mol. The number of hydrogen-bond acceptors (Lipinski definition) is 12. The molecule has 0 bridgehead atoms. The van der Waals surface area contributed by atoms with Gasteiger partial charge in [-0.3, -0.25) is 19.0 Å². The minimum absolute atomic E-state index is 0.215. The van der Waals surface area contributed by atoms with E-state index in [-0.39, 0.29) is 6.61 Å². The van der Waals surface area contributed by atoms with Crippen molar-refractivity contribution in [1.82, 2.24) is 24.5 Å². The fourth-order valence-corrected chi connectivity index (χ4v) is 4.11. The normalized spacial score (nSPS) is 21.5. The van der Waals surface area contributed by atoms with E-state index in [1.54, 1.807) is 22.9 Å². The van der Waals surface area contributed by atoms with Crippen LogP contribution in [0.15, 0.2) is 30.7 Å². The zero-order valence-corrected chi connectivity index (χ0v) is 21.0. The minimum Gasteiger partial charge on any atom is -0.463 e. The smallest absolute Gasteiger partial charge is 0.303 e. The fraction of sp³-hybridized carbons (Fsp3) is 0.381. The number of nitrogens with one attached hydrogen (secondary N) is 1. The first kappa shape index (κ1) is 24.7. The Balaban J connectivity index is 1.75. The molecule has 0 aliphatic carbocycles. The van der Waals surface area contributed by atoms with Gasteiger partial charge in [-0.2, -0.15) is 0 Å². The SMILES string of the molecule is CC(=O)OCC1OC(n2cnc3c(Nc4ccccn4)nc(I)nc32)C(OC(C)=O)C1OC(C)=O. The van der Waals surface area contributed by atoms with Gasteiger partial charge in [0, 0.05) is 49.6 Å². The molecular formula is C21H21IN6O7. The fourth-order valence-electron chi connectivity index (χ4n) is 3.64. The maximum Gasteiger partial charge on any atom is 0.303 e. The van der Waals surface area contributed by atoms with Crippen LogP contribution in [0.4, 0.5) is 11.6 Å². The van der Waals surface area contributed by atoms with E-state index in [2.05, 4.69) is 25.3 Å². The van der Waals surface area contributed by atoms with Gasteiger partial charge in [-0.15, -0.1) is 0 Å². The first-order valence-corrected chi connectivity index (χ1v) is 11.5. The standard InChI is InChI=1S/C21H21IN6O7/c1-10(29)32-8-13-16(33-11(2)30)17(34-12(3)31)20(35-13)28-9-24-15-18(26-21(22)27-19(15)28)25-14-6-4-5-7-23-14/h4-7,9,13,16-17,20H,8H2,1-3H3,(H,23,25,26,27). The van der Waals surface area contributed by atoms with Crippen LogP contribution in [-0.4, -0.2) is 67.3 Å².